The van der Waals surface area contributed by atoms with Crippen molar-refractivity contribution in [1.82, 2.24) is 0 Å². The van der Waals surface area contributed by atoms with Gasteiger partial charge < -0.3 is 14.6 Å². The van der Waals surface area contributed by atoms with Crippen molar-refractivity contribution < 1.29 is 19.4 Å². The normalized spacial score (nSPS) is 32.1. The summed E-state index contributed by atoms with van der Waals surface area (Å²) in [5, 5.41) is 10.0. The van der Waals surface area contributed by atoms with Gasteiger partial charge in [-0.25, -0.2) is 0 Å². The molecule has 92 valence electrons. The number of rotatable bonds is 4. The van der Waals surface area contributed by atoms with Crippen molar-refractivity contribution >= 4 is 5.97 Å². The molecule has 3 atom stereocenters. The second-order valence-corrected chi connectivity index (χ2v) is 4.85. The van der Waals surface area contributed by atoms with Gasteiger partial charge in [0.25, 0.3) is 0 Å². The number of carbonyl (C=O) groups excluding carboxylic acids is 1. The molecule has 0 aromatic heterocycles. The van der Waals surface area contributed by atoms with Gasteiger partial charge in [0.2, 0.25) is 6.29 Å². The maximum Gasteiger partial charge on any atom is 0.305 e. The van der Waals surface area contributed by atoms with E-state index >= 15 is 0 Å². The van der Waals surface area contributed by atoms with Crippen LogP contribution in [0.15, 0.2) is 0 Å². The predicted octanol–water partition coefficient (Wildman–Crippen LogP) is 1.61. The molecule has 0 amide bonds. The van der Waals surface area contributed by atoms with Gasteiger partial charge in [0, 0.05) is 13.3 Å². The fourth-order valence-electron chi connectivity index (χ4n) is 2.51. The minimum Gasteiger partial charge on any atom is -0.433 e. The lowest BCUT2D eigenvalue weighted by Gasteiger charge is -2.26. The smallest absolute Gasteiger partial charge is 0.305 e. The highest BCUT2D eigenvalue weighted by Gasteiger charge is 2.44. The Bertz CT molecular complexity index is 247. The molecule has 1 N–H and O–H groups in total. The molecule has 0 aromatic carbocycles. The van der Waals surface area contributed by atoms with Crippen LogP contribution in [0.3, 0.4) is 0 Å². The third-order valence-electron chi connectivity index (χ3n) is 3.49. The Morgan fingerprint density at radius 2 is 2.12 bits per heavy atom. The maximum absolute atomic E-state index is 10.7. The summed E-state index contributed by atoms with van der Waals surface area (Å²) in [6.07, 6.45) is 5.78. The molecule has 16 heavy (non-hydrogen) atoms. The molecule has 1 saturated heterocycles. The molecule has 1 saturated carbocycles. The second-order valence-electron chi connectivity index (χ2n) is 4.85. The lowest BCUT2D eigenvalue weighted by atomic mass is 9.84. The largest absolute Gasteiger partial charge is 0.433 e. The van der Waals surface area contributed by atoms with E-state index in [1.807, 2.05) is 0 Å². The molecule has 2 rings (SSSR count). The first-order valence-corrected chi connectivity index (χ1v) is 6.17. The third kappa shape index (κ3) is 3.19. The highest BCUT2D eigenvalue weighted by atomic mass is 16.8. The van der Waals surface area contributed by atoms with Gasteiger partial charge in [-0.3, -0.25) is 4.79 Å². The first-order chi connectivity index (χ1) is 7.66. The standard InChI is InChI=1S/C12H20O4/c1-8(13)15-12-11(16-12)7-10(14)9-5-3-2-4-6-9/h9-12,14H,2-7H2,1H3/t10-,11+,12+/m0/s1. The summed E-state index contributed by atoms with van der Waals surface area (Å²) in [4.78, 5) is 10.7. The van der Waals surface area contributed by atoms with Gasteiger partial charge in [-0.2, -0.15) is 0 Å². The lowest BCUT2D eigenvalue weighted by Crippen LogP contribution is -2.25. The summed E-state index contributed by atoms with van der Waals surface area (Å²) in [7, 11) is 0. The van der Waals surface area contributed by atoms with Crippen molar-refractivity contribution in [3.05, 3.63) is 0 Å². The Balaban J connectivity index is 1.68. The number of carbonyl (C=O) groups is 1. The fourth-order valence-corrected chi connectivity index (χ4v) is 2.51. The number of hydrogen-bond acceptors (Lipinski definition) is 4. The molecule has 2 fully saturated rings. The summed E-state index contributed by atoms with van der Waals surface area (Å²) in [5.74, 6) is 0.0931. The molecular formula is C12H20O4. The molecular weight excluding hydrogens is 208 g/mol. The molecule has 0 radical (unpaired) electrons. The summed E-state index contributed by atoms with van der Waals surface area (Å²) in [6.45, 7) is 1.37. The van der Waals surface area contributed by atoms with Gasteiger partial charge in [0.1, 0.15) is 6.10 Å². The minimum absolute atomic E-state index is 0.0826. The number of esters is 1. The molecule has 4 heteroatoms. The molecule has 1 aliphatic heterocycles. The van der Waals surface area contributed by atoms with E-state index in [9.17, 15) is 9.90 Å². The highest BCUT2D eigenvalue weighted by molar-refractivity contribution is 5.66. The van der Waals surface area contributed by atoms with Crippen molar-refractivity contribution in [2.24, 2.45) is 5.92 Å². The van der Waals surface area contributed by atoms with Crippen molar-refractivity contribution in [1.29, 1.82) is 0 Å². The Morgan fingerprint density at radius 1 is 1.44 bits per heavy atom. The molecule has 0 unspecified atom stereocenters. The van der Waals surface area contributed by atoms with E-state index in [0.29, 0.717) is 12.3 Å². The first kappa shape index (κ1) is 11.9. The topological polar surface area (TPSA) is 59.1 Å². The van der Waals surface area contributed by atoms with Crippen molar-refractivity contribution in [2.75, 3.05) is 0 Å². The van der Waals surface area contributed by atoms with Crippen LogP contribution in [0, 0.1) is 5.92 Å². The molecule has 1 aliphatic carbocycles. The van der Waals surface area contributed by atoms with Crippen LogP contribution < -0.4 is 0 Å². The minimum atomic E-state index is -0.407. The monoisotopic (exact) mass is 228 g/mol. The van der Waals surface area contributed by atoms with E-state index in [0.717, 1.165) is 12.8 Å². The van der Waals surface area contributed by atoms with Crippen LogP contribution in [0.25, 0.3) is 0 Å². The number of aliphatic hydroxyl groups excluding tert-OH is 1. The number of ether oxygens (including phenoxy) is 2. The number of epoxide rings is 1. The van der Waals surface area contributed by atoms with Crippen LogP contribution in [-0.4, -0.2) is 29.6 Å². The van der Waals surface area contributed by atoms with Gasteiger partial charge in [-0.05, 0) is 18.8 Å². The Kier molecular flexibility index (Phi) is 3.82. The van der Waals surface area contributed by atoms with E-state index in [1.54, 1.807) is 0 Å². The first-order valence-electron chi connectivity index (χ1n) is 6.17. The van der Waals surface area contributed by atoms with Crippen LogP contribution in [-0.2, 0) is 14.3 Å². The van der Waals surface area contributed by atoms with Crippen LogP contribution in [0.2, 0.25) is 0 Å². The van der Waals surface area contributed by atoms with Crippen molar-refractivity contribution in [3.63, 3.8) is 0 Å². The van der Waals surface area contributed by atoms with E-state index in [2.05, 4.69) is 0 Å². The van der Waals surface area contributed by atoms with E-state index in [1.165, 1.54) is 26.2 Å². The maximum atomic E-state index is 10.7. The van der Waals surface area contributed by atoms with Crippen LogP contribution in [0.4, 0.5) is 0 Å². The summed E-state index contributed by atoms with van der Waals surface area (Å²) in [6, 6.07) is 0. The summed E-state index contributed by atoms with van der Waals surface area (Å²) >= 11 is 0. The van der Waals surface area contributed by atoms with E-state index in [4.69, 9.17) is 9.47 Å². The third-order valence-corrected chi connectivity index (χ3v) is 3.49. The van der Waals surface area contributed by atoms with Crippen molar-refractivity contribution in [3.8, 4) is 0 Å². The zero-order valence-corrected chi connectivity index (χ0v) is 9.72. The van der Waals surface area contributed by atoms with Gasteiger partial charge >= 0.3 is 5.97 Å². The molecule has 2 aliphatic rings. The summed E-state index contributed by atoms with van der Waals surface area (Å²) in [5.41, 5.74) is 0. The van der Waals surface area contributed by atoms with Crippen molar-refractivity contribution in [2.45, 2.75) is 63.9 Å². The molecule has 1 heterocycles. The highest BCUT2D eigenvalue weighted by Crippen LogP contribution is 2.33. The van der Waals surface area contributed by atoms with Crippen LogP contribution in [0.1, 0.15) is 45.4 Å². The molecule has 0 bridgehead atoms. The average molecular weight is 228 g/mol. The summed E-state index contributed by atoms with van der Waals surface area (Å²) < 4.78 is 10.1. The van der Waals surface area contributed by atoms with Gasteiger partial charge in [0.05, 0.1) is 6.10 Å². The molecule has 0 aromatic rings. The fraction of sp³-hybridized carbons (Fsp3) is 0.917. The van der Waals surface area contributed by atoms with Gasteiger partial charge in [0.15, 0.2) is 0 Å². The van der Waals surface area contributed by atoms with Gasteiger partial charge in [-0.15, -0.1) is 0 Å². The average Bonchev–Trinajstić information content (AvgIpc) is 2.96. The van der Waals surface area contributed by atoms with E-state index < -0.39 is 6.29 Å². The van der Waals surface area contributed by atoms with Crippen LogP contribution in [0.5, 0.6) is 0 Å². The number of hydrogen-bond donors (Lipinski definition) is 1. The quantitative estimate of drug-likeness (QED) is 0.586. The second kappa shape index (κ2) is 5.15. The van der Waals surface area contributed by atoms with E-state index in [-0.39, 0.29) is 18.2 Å². The lowest BCUT2D eigenvalue weighted by molar-refractivity contribution is -0.145. The molecule has 4 nitrogen and oxygen atoms in total. The Morgan fingerprint density at radius 3 is 2.75 bits per heavy atom. The van der Waals surface area contributed by atoms with Gasteiger partial charge in [-0.1, -0.05) is 19.3 Å². The SMILES string of the molecule is CC(=O)O[C@@H]1O[C@@H]1C[C@H](O)C1CCCCC1. The van der Waals surface area contributed by atoms with Crippen LogP contribution >= 0.6 is 0 Å². The molecule has 0 spiro atoms. The predicted molar refractivity (Wildman–Crippen MR) is 57.6 cm³/mol. The Hall–Kier alpha value is -0.610. The Labute approximate surface area is 95.9 Å². The zero-order chi connectivity index (χ0) is 11.5. The number of aliphatic hydroxyl groups is 1. The zero-order valence-electron chi connectivity index (χ0n) is 9.72.